The van der Waals surface area contributed by atoms with Crippen molar-refractivity contribution >= 4 is 28.4 Å². The summed E-state index contributed by atoms with van der Waals surface area (Å²) in [6, 6.07) is 3.11. The number of halogens is 2. The summed E-state index contributed by atoms with van der Waals surface area (Å²) in [5.41, 5.74) is 0.0805. The van der Waals surface area contributed by atoms with Crippen molar-refractivity contribution < 1.29 is 19.0 Å². The highest BCUT2D eigenvalue weighted by molar-refractivity contribution is 6.31. The van der Waals surface area contributed by atoms with Gasteiger partial charge < -0.3 is 9.84 Å². The van der Waals surface area contributed by atoms with Gasteiger partial charge in [-0.2, -0.15) is 9.90 Å². The summed E-state index contributed by atoms with van der Waals surface area (Å²) < 4.78 is 20.3. The molecule has 4 aliphatic carbocycles. The number of ether oxygens (including phenoxy) is 1. The molecule has 4 saturated carbocycles. The number of aromatic nitrogens is 3. The van der Waals surface area contributed by atoms with Crippen LogP contribution in [0.5, 0.6) is 0 Å². The Morgan fingerprint density at radius 1 is 1.14 bits per heavy atom. The van der Waals surface area contributed by atoms with E-state index in [1.165, 1.54) is 17.3 Å². The molecule has 2 aromatic rings. The van der Waals surface area contributed by atoms with Gasteiger partial charge in [0.05, 0.1) is 17.2 Å². The van der Waals surface area contributed by atoms with E-state index in [1.807, 2.05) is 14.0 Å². The lowest BCUT2D eigenvalue weighted by atomic mass is 9.43. The number of rotatable bonds is 5. The maximum atomic E-state index is 14.4. The van der Waals surface area contributed by atoms with E-state index in [2.05, 4.69) is 17.1 Å². The van der Waals surface area contributed by atoms with E-state index in [9.17, 15) is 14.3 Å². The fourth-order valence-electron chi connectivity index (χ4n) is 9.60. The Kier molecular flexibility index (Phi) is 6.24. The number of benzene rings is 1. The topological polar surface area (TPSA) is 77.2 Å². The molecule has 0 spiro atoms. The molecule has 0 aliphatic heterocycles. The third-order valence-corrected chi connectivity index (χ3v) is 11.5. The number of fused-ring (bicyclic) bond motifs is 6. The fourth-order valence-corrected chi connectivity index (χ4v) is 9.75. The molecule has 37 heavy (non-hydrogen) atoms. The Balaban J connectivity index is 1.22. The second kappa shape index (κ2) is 8.99. The molecule has 4 aliphatic rings. The summed E-state index contributed by atoms with van der Waals surface area (Å²) in [5, 5.41) is 19.5. The van der Waals surface area contributed by atoms with Gasteiger partial charge >= 0.3 is 0 Å². The number of nitrogens with zero attached hydrogens (tertiary/aromatic N) is 3. The third kappa shape index (κ3) is 3.98. The van der Waals surface area contributed by atoms with Crippen molar-refractivity contribution in [3.05, 3.63) is 23.0 Å². The van der Waals surface area contributed by atoms with Crippen molar-refractivity contribution in [2.45, 2.75) is 83.8 Å². The molecule has 0 bridgehead atoms. The molecule has 0 amide bonds. The monoisotopic (exact) mass is 531 g/mol. The smallest absolute Gasteiger partial charge is 0.171 e. The molecule has 4 fully saturated rings. The highest BCUT2D eigenvalue weighted by atomic mass is 35.5. The number of ketones is 1. The average molecular weight is 532 g/mol. The quantitative estimate of drug-likeness (QED) is 0.525. The molecule has 1 heterocycles. The van der Waals surface area contributed by atoms with E-state index in [0.717, 1.165) is 58.0 Å². The van der Waals surface area contributed by atoms with Crippen LogP contribution in [-0.2, 0) is 16.1 Å². The molecular weight excluding hydrogens is 493 g/mol. The largest absolute Gasteiger partial charge is 0.390 e. The minimum atomic E-state index is -0.589. The molecule has 8 atom stereocenters. The summed E-state index contributed by atoms with van der Waals surface area (Å²) >= 11 is 5.90. The molecule has 8 heteroatoms. The van der Waals surface area contributed by atoms with E-state index in [1.54, 1.807) is 6.07 Å². The van der Waals surface area contributed by atoms with Gasteiger partial charge in [0.15, 0.2) is 11.6 Å². The lowest BCUT2D eigenvalue weighted by Crippen LogP contribution is -2.58. The van der Waals surface area contributed by atoms with Gasteiger partial charge in [-0.05, 0) is 111 Å². The van der Waals surface area contributed by atoms with E-state index >= 15 is 0 Å². The maximum absolute atomic E-state index is 14.4. The van der Waals surface area contributed by atoms with Crippen LogP contribution in [0.3, 0.4) is 0 Å². The highest BCUT2D eigenvalue weighted by Crippen LogP contribution is 2.68. The zero-order chi connectivity index (χ0) is 26.2. The predicted molar refractivity (Wildman–Crippen MR) is 140 cm³/mol. The van der Waals surface area contributed by atoms with Gasteiger partial charge in [0.2, 0.25) is 0 Å². The molecule has 6 nitrogen and oxygen atoms in total. The summed E-state index contributed by atoms with van der Waals surface area (Å²) in [5.74, 6) is 1.78. The van der Waals surface area contributed by atoms with Crippen molar-refractivity contribution in [1.29, 1.82) is 0 Å². The lowest BCUT2D eigenvalue weighted by Gasteiger charge is -2.62. The Morgan fingerprint density at radius 2 is 1.95 bits per heavy atom. The van der Waals surface area contributed by atoms with Crippen molar-refractivity contribution in [2.24, 2.45) is 40.4 Å². The number of hydrogen-bond acceptors (Lipinski definition) is 5. The first kappa shape index (κ1) is 25.7. The Morgan fingerprint density at radius 3 is 2.73 bits per heavy atom. The van der Waals surface area contributed by atoms with Crippen LogP contribution < -0.4 is 0 Å². The van der Waals surface area contributed by atoms with Crippen LogP contribution in [0, 0.1) is 46.2 Å². The Labute approximate surface area is 223 Å². The minimum Gasteiger partial charge on any atom is -0.390 e. The zero-order valence-electron chi connectivity index (χ0n) is 22.2. The van der Waals surface area contributed by atoms with Gasteiger partial charge in [-0.3, -0.25) is 4.79 Å². The van der Waals surface area contributed by atoms with E-state index in [4.69, 9.17) is 16.3 Å². The van der Waals surface area contributed by atoms with Crippen LogP contribution >= 0.6 is 11.6 Å². The fraction of sp³-hybridized carbons (Fsp3) is 0.759. The van der Waals surface area contributed by atoms with Crippen LogP contribution in [-0.4, -0.2) is 45.2 Å². The maximum Gasteiger partial charge on any atom is 0.171 e. The van der Waals surface area contributed by atoms with Crippen molar-refractivity contribution in [3.63, 3.8) is 0 Å². The molecular formula is C29H39ClFN3O3. The molecule has 0 saturated heterocycles. The van der Waals surface area contributed by atoms with Crippen molar-refractivity contribution in [3.8, 4) is 0 Å². The summed E-state index contributed by atoms with van der Waals surface area (Å²) in [4.78, 5) is 15.0. The first-order valence-corrected chi connectivity index (χ1v) is 14.4. The predicted octanol–water partition coefficient (Wildman–Crippen LogP) is 5.83. The number of Topliss-reactive ketones (excluding diaryl/α,β-unsaturated/α-hetero) is 1. The average Bonchev–Trinajstić information content (AvgIpc) is 3.42. The second-order valence-corrected chi connectivity index (χ2v) is 13.5. The zero-order valence-corrected chi connectivity index (χ0v) is 22.9. The van der Waals surface area contributed by atoms with Gasteiger partial charge in [0.1, 0.15) is 17.6 Å². The van der Waals surface area contributed by atoms with E-state index in [-0.39, 0.29) is 39.6 Å². The van der Waals surface area contributed by atoms with Crippen molar-refractivity contribution in [2.75, 3.05) is 13.7 Å². The molecule has 0 radical (unpaired) electrons. The first-order valence-electron chi connectivity index (χ1n) is 14.0. The van der Waals surface area contributed by atoms with E-state index in [0.29, 0.717) is 29.2 Å². The summed E-state index contributed by atoms with van der Waals surface area (Å²) in [6.45, 7) is 5.19. The molecule has 1 aromatic heterocycles. The number of aliphatic hydroxyl groups is 1. The highest BCUT2D eigenvalue weighted by Gasteiger charge is 2.63. The SMILES string of the molecule is COC[C@]12CC[C@@](C)(O)C[C@@H]1CC[C@H]1[C@@H]3CC[C@H](C(=O)Cn4nc5ccc(Cl)c(F)c5n4)[C@@]3(C)CC[C@@H]12. The Hall–Kier alpha value is -1.57. The second-order valence-electron chi connectivity index (χ2n) is 13.1. The number of hydrogen-bond donors (Lipinski definition) is 1. The van der Waals surface area contributed by atoms with Gasteiger partial charge in [-0.15, -0.1) is 5.10 Å². The van der Waals surface area contributed by atoms with Crippen molar-refractivity contribution in [1.82, 2.24) is 15.0 Å². The van der Waals surface area contributed by atoms with Crippen LogP contribution in [0.2, 0.25) is 5.02 Å². The van der Waals surface area contributed by atoms with Gasteiger partial charge in [-0.1, -0.05) is 18.5 Å². The Bertz CT molecular complexity index is 1220. The number of carbonyl (C=O) groups is 1. The normalized spacial score (nSPS) is 41.3. The van der Waals surface area contributed by atoms with Gasteiger partial charge in [0.25, 0.3) is 0 Å². The number of carbonyl (C=O) groups excluding carboxylic acids is 1. The van der Waals surface area contributed by atoms with Crippen LogP contribution in [0.1, 0.15) is 71.6 Å². The molecule has 202 valence electrons. The molecule has 1 N–H and O–H groups in total. The van der Waals surface area contributed by atoms with Crippen LogP contribution in [0.25, 0.3) is 11.0 Å². The molecule has 1 aromatic carbocycles. The van der Waals surface area contributed by atoms with Gasteiger partial charge in [0, 0.05) is 13.0 Å². The van der Waals surface area contributed by atoms with Crippen LogP contribution in [0.15, 0.2) is 12.1 Å². The standard InChI is InChI=1S/C29H39ClFN3O3/c1-27(36)12-13-29(16-37-3)17(14-27)4-5-18-19-6-7-21(28(19,2)11-10-20(18)29)24(35)15-34-32-23-9-8-22(30)25(31)26(23)33-34/h8-9,17-21,36H,4-7,10-16H2,1-3H3/t17-,18-,19-,20-,21+,27+,28-,29+/m0/s1. The van der Waals surface area contributed by atoms with Gasteiger partial charge in [-0.25, -0.2) is 4.39 Å². The molecule has 0 unspecified atom stereocenters. The first-order chi connectivity index (χ1) is 17.6. The third-order valence-electron chi connectivity index (χ3n) is 11.2. The number of methoxy groups -OCH3 is 1. The molecule has 6 rings (SSSR count). The minimum absolute atomic E-state index is 0.0105. The van der Waals surface area contributed by atoms with Crippen LogP contribution in [0.4, 0.5) is 4.39 Å². The van der Waals surface area contributed by atoms with E-state index < -0.39 is 11.4 Å². The summed E-state index contributed by atoms with van der Waals surface area (Å²) in [6.07, 6.45) is 9.23. The lowest BCUT2D eigenvalue weighted by molar-refractivity contribution is -0.175. The summed E-state index contributed by atoms with van der Waals surface area (Å²) in [7, 11) is 1.83.